The zero-order valence-corrected chi connectivity index (χ0v) is 14.1. The molecule has 2 aromatic rings. The van der Waals surface area contributed by atoms with Crippen molar-refractivity contribution < 1.29 is 27.2 Å². The van der Waals surface area contributed by atoms with Crippen molar-refractivity contribution in [1.29, 1.82) is 0 Å². The molecule has 0 saturated carbocycles. The highest BCUT2D eigenvalue weighted by Gasteiger charge is 2.36. The van der Waals surface area contributed by atoms with Crippen LogP contribution in [0.1, 0.15) is 12.0 Å². The summed E-state index contributed by atoms with van der Waals surface area (Å²) in [5.41, 5.74) is 0.317. The number of halogens is 4. The van der Waals surface area contributed by atoms with Gasteiger partial charge in [0.2, 0.25) is 11.8 Å². The van der Waals surface area contributed by atoms with E-state index in [9.17, 15) is 27.2 Å². The second-order valence-electron chi connectivity index (χ2n) is 6.32. The molecular formula is C19H16F4N2O2. The normalized spacial score (nSPS) is 16.7. The van der Waals surface area contributed by atoms with Crippen molar-refractivity contribution in [3.05, 3.63) is 65.2 Å². The largest absolute Gasteiger partial charge is 0.355 e. The molecule has 0 unspecified atom stereocenters. The van der Waals surface area contributed by atoms with Crippen molar-refractivity contribution in [3.8, 4) is 0 Å². The van der Waals surface area contributed by atoms with Crippen molar-refractivity contribution in [1.82, 2.24) is 5.32 Å². The Morgan fingerprint density at radius 1 is 1.04 bits per heavy atom. The van der Waals surface area contributed by atoms with Gasteiger partial charge in [-0.2, -0.15) is 0 Å². The Labute approximate surface area is 152 Å². The fraction of sp³-hybridized carbons (Fsp3) is 0.263. The lowest BCUT2D eigenvalue weighted by molar-refractivity contribution is -0.126. The predicted molar refractivity (Wildman–Crippen MR) is 89.9 cm³/mol. The molecule has 1 aliphatic heterocycles. The number of anilines is 1. The van der Waals surface area contributed by atoms with Gasteiger partial charge in [-0.05, 0) is 36.2 Å². The first-order chi connectivity index (χ1) is 12.8. The Hall–Kier alpha value is -2.90. The highest BCUT2D eigenvalue weighted by molar-refractivity contribution is 6.00. The van der Waals surface area contributed by atoms with E-state index in [2.05, 4.69) is 5.32 Å². The summed E-state index contributed by atoms with van der Waals surface area (Å²) in [6.07, 6.45) is 0.120. The van der Waals surface area contributed by atoms with Gasteiger partial charge in [-0.3, -0.25) is 9.59 Å². The predicted octanol–water partition coefficient (Wildman–Crippen LogP) is 2.95. The summed E-state index contributed by atoms with van der Waals surface area (Å²) >= 11 is 0. The average molecular weight is 380 g/mol. The van der Waals surface area contributed by atoms with Crippen molar-refractivity contribution >= 4 is 17.5 Å². The second-order valence-corrected chi connectivity index (χ2v) is 6.32. The van der Waals surface area contributed by atoms with Crippen LogP contribution in [0.25, 0.3) is 0 Å². The van der Waals surface area contributed by atoms with E-state index in [4.69, 9.17) is 0 Å². The maximum atomic E-state index is 13.9. The zero-order valence-electron chi connectivity index (χ0n) is 14.1. The number of hydrogen-bond donors (Lipinski definition) is 1. The molecule has 2 aromatic carbocycles. The zero-order chi connectivity index (χ0) is 19.6. The molecule has 1 atom stereocenters. The molecule has 2 amide bonds. The lowest BCUT2D eigenvalue weighted by Crippen LogP contribution is -2.34. The Balaban J connectivity index is 1.57. The SMILES string of the molecule is O=C(NCCc1cc(F)cc(F)c1)[C@@H]1CC(=O)N(c2ccc(F)cc2F)C1. The van der Waals surface area contributed by atoms with E-state index in [-0.39, 0.29) is 31.6 Å². The molecule has 1 heterocycles. The molecule has 8 heteroatoms. The molecule has 27 heavy (non-hydrogen) atoms. The summed E-state index contributed by atoms with van der Waals surface area (Å²) in [6, 6.07) is 5.98. The minimum Gasteiger partial charge on any atom is -0.355 e. The number of nitrogens with one attached hydrogen (secondary N) is 1. The molecule has 1 fully saturated rings. The molecule has 0 spiro atoms. The van der Waals surface area contributed by atoms with Crippen molar-refractivity contribution in [2.75, 3.05) is 18.0 Å². The van der Waals surface area contributed by atoms with Gasteiger partial charge in [0, 0.05) is 31.6 Å². The van der Waals surface area contributed by atoms with Crippen molar-refractivity contribution in [2.45, 2.75) is 12.8 Å². The van der Waals surface area contributed by atoms with E-state index in [1.165, 1.54) is 12.1 Å². The van der Waals surface area contributed by atoms with E-state index in [0.717, 1.165) is 23.1 Å². The van der Waals surface area contributed by atoms with Crippen LogP contribution in [-0.4, -0.2) is 24.9 Å². The smallest absolute Gasteiger partial charge is 0.227 e. The molecule has 0 bridgehead atoms. The number of hydrogen-bond acceptors (Lipinski definition) is 2. The Bertz CT molecular complexity index is 868. The van der Waals surface area contributed by atoms with Crippen LogP contribution < -0.4 is 10.2 Å². The van der Waals surface area contributed by atoms with Gasteiger partial charge in [-0.15, -0.1) is 0 Å². The van der Waals surface area contributed by atoms with Gasteiger partial charge in [0.15, 0.2) is 0 Å². The fourth-order valence-electron chi connectivity index (χ4n) is 3.05. The Morgan fingerprint density at radius 3 is 2.41 bits per heavy atom. The van der Waals surface area contributed by atoms with E-state index in [1.54, 1.807) is 0 Å². The molecule has 4 nitrogen and oxygen atoms in total. The lowest BCUT2D eigenvalue weighted by atomic mass is 10.1. The third-order valence-corrected chi connectivity index (χ3v) is 4.33. The van der Waals surface area contributed by atoms with Crippen molar-refractivity contribution in [2.24, 2.45) is 5.92 Å². The van der Waals surface area contributed by atoms with Crippen LogP contribution in [-0.2, 0) is 16.0 Å². The number of carbonyl (C=O) groups excluding carboxylic acids is 2. The Morgan fingerprint density at radius 2 is 1.74 bits per heavy atom. The van der Waals surface area contributed by atoms with Crippen LogP contribution >= 0.6 is 0 Å². The van der Waals surface area contributed by atoms with Gasteiger partial charge in [-0.25, -0.2) is 17.6 Å². The fourth-order valence-corrected chi connectivity index (χ4v) is 3.05. The van der Waals surface area contributed by atoms with Crippen molar-refractivity contribution in [3.63, 3.8) is 0 Å². The number of carbonyl (C=O) groups is 2. The summed E-state index contributed by atoms with van der Waals surface area (Å²) in [7, 11) is 0. The maximum Gasteiger partial charge on any atom is 0.227 e. The van der Waals surface area contributed by atoms with Gasteiger partial charge >= 0.3 is 0 Å². The topological polar surface area (TPSA) is 49.4 Å². The van der Waals surface area contributed by atoms with Crippen LogP contribution in [0.2, 0.25) is 0 Å². The molecule has 1 saturated heterocycles. The van der Waals surface area contributed by atoms with Gasteiger partial charge in [-0.1, -0.05) is 0 Å². The summed E-state index contributed by atoms with van der Waals surface area (Å²) < 4.78 is 53.2. The highest BCUT2D eigenvalue weighted by atomic mass is 19.1. The number of rotatable bonds is 5. The quantitative estimate of drug-likeness (QED) is 0.811. The van der Waals surface area contributed by atoms with E-state index < -0.39 is 41.0 Å². The highest BCUT2D eigenvalue weighted by Crippen LogP contribution is 2.28. The monoisotopic (exact) mass is 380 g/mol. The summed E-state index contributed by atoms with van der Waals surface area (Å²) in [5, 5.41) is 2.61. The summed E-state index contributed by atoms with van der Waals surface area (Å²) in [5.74, 6) is -4.57. The minimum absolute atomic E-state index is 0.0260. The summed E-state index contributed by atoms with van der Waals surface area (Å²) in [6.45, 7) is 0.110. The Kier molecular flexibility index (Phi) is 5.43. The van der Waals surface area contributed by atoms with Crippen LogP contribution in [0.5, 0.6) is 0 Å². The third kappa shape index (κ3) is 4.45. The van der Waals surface area contributed by atoms with Crippen LogP contribution in [0.15, 0.2) is 36.4 Å². The molecule has 3 rings (SSSR count). The van der Waals surface area contributed by atoms with Gasteiger partial charge in [0.05, 0.1) is 11.6 Å². The molecule has 142 valence electrons. The van der Waals surface area contributed by atoms with E-state index >= 15 is 0 Å². The molecule has 0 aromatic heterocycles. The molecule has 0 aliphatic carbocycles. The van der Waals surface area contributed by atoms with Gasteiger partial charge < -0.3 is 10.2 Å². The maximum absolute atomic E-state index is 13.9. The van der Waals surface area contributed by atoms with Crippen LogP contribution in [0.4, 0.5) is 23.2 Å². The van der Waals surface area contributed by atoms with E-state index in [1.807, 2.05) is 0 Å². The number of amides is 2. The first kappa shape index (κ1) is 18.9. The minimum atomic E-state index is -0.877. The standard InChI is InChI=1S/C19H16F4N2O2/c20-13-1-2-17(16(23)9-13)25-10-12(7-18(25)26)19(27)24-4-3-11-5-14(21)8-15(22)6-11/h1-2,5-6,8-9,12H,3-4,7,10H2,(H,24,27)/t12-/m1/s1. The van der Waals surface area contributed by atoms with Gasteiger partial charge in [0.25, 0.3) is 0 Å². The first-order valence-electron chi connectivity index (χ1n) is 8.31. The molecular weight excluding hydrogens is 364 g/mol. The lowest BCUT2D eigenvalue weighted by Gasteiger charge is -2.17. The first-order valence-corrected chi connectivity index (χ1v) is 8.31. The number of nitrogens with zero attached hydrogens (tertiary/aromatic N) is 1. The second kappa shape index (κ2) is 7.77. The summed E-state index contributed by atoms with van der Waals surface area (Å²) in [4.78, 5) is 25.5. The van der Waals surface area contributed by atoms with E-state index in [0.29, 0.717) is 11.6 Å². The van der Waals surface area contributed by atoms with Crippen LogP contribution in [0.3, 0.4) is 0 Å². The van der Waals surface area contributed by atoms with Gasteiger partial charge in [0.1, 0.15) is 23.3 Å². The molecule has 1 aliphatic rings. The molecule has 0 radical (unpaired) electrons. The number of benzene rings is 2. The molecule has 1 N–H and O–H groups in total. The van der Waals surface area contributed by atoms with Crippen LogP contribution in [0, 0.1) is 29.2 Å². The third-order valence-electron chi connectivity index (χ3n) is 4.33. The average Bonchev–Trinajstić information content (AvgIpc) is 2.96.